The van der Waals surface area contributed by atoms with Gasteiger partial charge in [-0.05, 0) is 12.5 Å². The number of nitrogens with two attached hydrogens (primary N) is 1. The molecule has 3 nitrogen and oxygen atoms in total. The first-order chi connectivity index (χ1) is 6.13. The molecule has 0 atom stereocenters. The zero-order valence-corrected chi connectivity index (χ0v) is 8.93. The van der Waals surface area contributed by atoms with Crippen LogP contribution in [0.25, 0.3) is 10.9 Å². The molecule has 0 bridgehead atoms. The van der Waals surface area contributed by atoms with E-state index in [1.165, 1.54) is 0 Å². The van der Waals surface area contributed by atoms with E-state index in [0.717, 1.165) is 16.5 Å². The van der Waals surface area contributed by atoms with Crippen LogP contribution in [-0.4, -0.2) is 9.67 Å². The standard InChI is InChI=1S/C10H12N2O.ClH/c1-6-4-3-5-7-8(11)10(13)12(2)9(6)7;/h3-5,13H,11H2,1-2H3;1H. The molecule has 1 aromatic heterocycles. The number of nitrogens with zero attached hydrogens (tertiary/aromatic N) is 1. The van der Waals surface area contributed by atoms with Crippen molar-refractivity contribution in [2.75, 3.05) is 5.73 Å². The Morgan fingerprint density at radius 1 is 1.36 bits per heavy atom. The Hall–Kier alpha value is -1.35. The average molecular weight is 213 g/mol. The van der Waals surface area contributed by atoms with Crippen LogP contribution < -0.4 is 5.73 Å². The number of nitrogen functional groups attached to an aromatic ring is 1. The van der Waals surface area contributed by atoms with Gasteiger partial charge in [-0.25, -0.2) is 0 Å². The average Bonchev–Trinajstić information content (AvgIpc) is 2.33. The molecule has 0 unspecified atom stereocenters. The summed E-state index contributed by atoms with van der Waals surface area (Å²) in [6.07, 6.45) is 0. The molecule has 0 saturated heterocycles. The smallest absolute Gasteiger partial charge is 0.215 e. The monoisotopic (exact) mass is 212 g/mol. The number of rotatable bonds is 0. The summed E-state index contributed by atoms with van der Waals surface area (Å²) in [5, 5.41) is 10.5. The molecule has 0 fully saturated rings. The Balaban J connectivity index is 0.000000980. The van der Waals surface area contributed by atoms with Crippen molar-refractivity contribution in [2.45, 2.75) is 6.92 Å². The Labute approximate surface area is 88.5 Å². The summed E-state index contributed by atoms with van der Waals surface area (Å²) in [6.45, 7) is 2.00. The van der Waals surface area contributed by atoms with Gasteiger partial charge in [0.25, 0.3) is 0 Å². The molecule has 2 aromatic rings. The highest BCUT2D eigenvalue weighted by molar-refractivity contribution is 5.97. The van der Waals surface area contributed by atoms with Gasteiger partial charge in [-0.3, -0.25) is 0 Å². The van der Waals surface area contributed by atoms with Crippen LogP contribution in [0.15, 0.2) is 18.2 Å². The van der Waals surface area contributed by atoms with E-state index in [0.29, 0.717) is 5.69 Å². The fraction of sp³-hybridized carbons (Fsp3) is 0.200. The van der Waals surface area contributed by atoms with Crippen molar-refractivity contribution in [1.82, 2.24) is 4.57 Å². The lowest BCUT2D eigenvalue weighted by Gasteiger charge is -1.99. The number of anilines is 1. The summed E-state index contributed by atoms with van der Waals surface area (Å²) in [4.78, 5) is 0. The summed E-state index contributed by atoms with van der Waals surface area (Å²) in [7, 11) is 1.81. The molecule has 1 aromatic carbocycles. The topological polar surface area (TPSA) is 51.2 Å². The van der Waals surface area contributed by atoms with Crippen LogP contribution in [0.1, 0.15) is 5.56 Å². The zero-order valence-electron chi connectivity index (χ0n) is 8.11. The molecule has 0 amide bonds. The number of hydrogen-bond donors (Lipinski definition) is 2. The van der Waals surface area contributed by atoms with Crippen molar-refractivity contribution in [3.8, 4) is 5.88 Å². The van der Waals surface area contributed by atoms with Crippen molar-refractivity contribution < 1.29 is 5.11 Å². The third-order valence-corrected chi connectivity index (χ3v) is 2.42. The van der Waals surface area contributed by atoms with Gasteiger partial charge in [-0.2, -0.15) is 0 Å². The van der Waals surface area contributed by atoms with Crippen LogP contribution in [0.3, 0.4) is 0 Å². The van der Waals surface area contributed by atoms with Gasteiger partial charge in [-0.1, -0.05) is 18.2 Å². The van der Waals surface area contributed by atoms with Crippen LogP contribution in [-0.2, 0) is 7.05 Å². The van der Waals surface area contributed by atoms with Crippen molar-refractivity contribution in [1.29, 1.82) is 0 Å². The number of halogens is 1. The molecule has 0 spiro atoms. The highest BCUT2D eigenvalue weighted by Gasteiger charge is 2.11. The van der Waals surface area contributed by atoms with Gasteiger partial charge in [0.2, 0.25) is 5.88 Å². The first kappa shape index (κ1) is 10.7. The van der Waals surface area contributed by atoms with Crippen molar-refractivity contribution in [3.63, 3.8) is 0 Å². The third-order valence-electron chi connectivity index (χ3n) is 2.42. The van der Waals surface area contributed by atoms with Gasteiger partial charge >= 0.3 is 0 Å². The lowest BCUT2D eigenvalue weighted by Crippen LogP contribution is -1.88. The molecule has 2 rings (SSSR count). The minimum absolute atomic E-state index is 0. The summed E-state index contributed by atoms with van der Waals surface area (Å²) in [6, 6.07) is 5.85. The highest BCUT2D eigenvalue weighted by Crippen LogP contribution is 2.33. The van der Waals surface area contributed by atoms with Gasteiger partial charge in [0, 0.05) is 12.4 Å². The number of aromatic nitrogens is 1. The largest absolute Gasteiger partial charge is 0.493 e. The SMILES string of the molecule is Cc1cccc2c(N)c(O)n(C)c12.Cl. The quantitative estimate of drug-likeness (QED) is 0.704. The molecule has 0 aliphatic rings. The van der Waals surface area contributed by atoms with E-state index in [9.17, 15) is 5.11 Å². The molecule has 1 heterocycles. The summed E-state index contributed by atoms with van der Waals surface area (Å²) in [5.74, 6) is 0.143. The molecule has 0 radical (unpaired) electrons. The van der Waals surface area contributed by atoms with Crippen LogP contribution >= 0.6 is 12.4 Å². The van der Waals surface area contributed by atoms with Crippen molar-refractivity contribution >= 4 is 29.0 Å². The lowest BCUT2D eigenvalue weighted by atomic mass is 10.1. The molecular weight excluding hydrogens is 200 g/mol. The second kappa shape index (κ2) is 3.42. The first-order valence-corrected chi connectivity index (χ1v) is 4.15. The second-order valence-electron chi connectivity index (χ2n) is 3.27. The maximum absolute atomic E-state index is 9.59. The van der Waals surface area contributed by atoms with Gasteiger partial charge in [-0.15, -0.1) is 12.4 Å². The lowest BCUT2D eigenvalue weighted by molar-refractivity contribution is 0.438. The van der Waals surface area contributed by atoms with E-state index >= 15 is 0 Å². The normalized spacial score (nSPS) is 10.1. The molecule has 0 saturated carbocycles. The summed E-state index contributed by atoms with van der Waals surface area (Å²) >= 11 is 0. The number of fused-ring (bicyclic) bond motifs is 1. The molecule has 14 heavy (non-hydrogen) atoms. The Kier molecular flexibility index (Phi) is 2.62. The minimum Gasteiger partial charge on any atom is -0.493 e. The van der Waals surface area contributed by atoms with Crippen LogP contribution in [0, 0.1) is 6.92 Å². The number of aryl methyl sites for hydroxylation is 2. The Morgan fingerprint density at radius 2 is 2.00 bits per heavy atom. The predicted molar refractivity (Wildman–Crippen MR) is 61.0 cm³/mol. The van der Waals surface area contributed by atoms with Crippen LogP contribution in [0.4, 0.5) is 5.69 Å². The molecule has 4 heteroatoms. The van der Waals surface area contributed by atoms with E-state index in [1.54, 1.807) is 11.6 Å². The first-order valence-electron chi connectivity index (χ1n) is 4.15. The predicted octanol–water partition coefficient (Wildman–Crippen LogP) is 2.20. The summed E-state index contributed by atoms with van der Waals surface area (Å²) in [5.41, 5.74) is 8.31. The van der Waals surface area contributed by atoms with Gasteiger partial charge < -0.3 is 15.4 Å². The number of aromatic hydroxyl groups is 1. The van der Waals surface area contributed by atoms with Crippen molar-refractivity contribution in [2.24, 2.45) is 7.05 Å². The van der Waals surface area contributed by atoms with Gasteiger partial charge in [0.15, 0.2) is 0 Å². The number of benzene rings is 1. The van der Waals surface area contributed by atoms with E-state index < -0.39 is 0 Å². The van der Waals surface area contributed by atoms with Gasteiger partial charge in [0.05, 0.1) is 5.52 Å². The fourth-order valence-electron chi connectivity index (χ4n) is 1.73. The Bertz CT molecular complexity index is 476. The maximum atomic E-state index is 9.59. The molecule has 3 N–H and O–H groups in total. The highest BCUT2D eigenvalue weighted by atomic mass is 35.5. The number of hydrogen-bond acceptors (Lipinski definition) is 2. The van der Waals surface area contributed by atoms with Gasteiger partial charge in [0.1, 0.15) is 5.69 Å². The zero-order chi connectivity index (χ0) is 9.59. The molecular formula is C10H13ClN2O. The van der Waals surface area contributed by atoms with Crippen molar-refractivity contribution in [3.05, 3.63) is 23.8 Å². The number of para-hydroxylation sites is 1. The van der Waals surface area contributed by atoms with Crippen LogP contribution in [0.2, 0.25) is 0 Å². The molecule has 0 aliphatic carbocycles. The van der Waals surface area contributed by atoms with E-state index in [1.807, 2.05) is 25.1 Å². The fourth-order valence-corrected chi connectivity index (χ4v) is 1.73. The molecule has 0 aliphatic heterocycles. The van der Waals surface area contributed by atoms with Crippen LogP contribution in [0.5, 0.6) is 5.88 Å². The molecule has 76 valence electrons. The second-order valence-corrected chi connectivity index (χ2v) is 3.27. The Morgan fingerprint density at radius 3 is 2.57 bits per heavy atom. The van der Waals surface area contributed by atoms with E-state index in [4.69, 9.17) is 5.73 Å². The van der Waals surface area contributed by atoms with E-state index in [2.05, 4.69) is 0 Å². The summed E-state index contributed by atoms with van der Waals surface area (Å²) < 4.78 is 1.71. The minimum atomic E-state index is 0. The maximum Gasteiger partial charge on any atom is 0.215 e. The van der Waals surface area contributed by atoms with E-state index in [-0.39, 0.29) is 18.3 Å². The third kappa shape index (κ3) is 1.21.